The fraction of sp³-hybridized carbons (Fsp3) is 0.370. The van der Waals surface area contributed by atoms with Crippen molar-refractivity contribution in [2.75, 3.05) is 20.2 Å². The second-order valence-electron chi connectivity index (χ2n) is 15.0. The van der Waals surface area contributed by atoms with Gasteiger partial charge in [-0.15, -0.1) is 0 Å². The van der Waals surface area contributed by atoms with Gasteiger partial charge < -0.3 is 26.0 Å². The summed E-state index contributed by atoms with van der Waals surface area (Å²) >= 11 is 0. The second kappa shape index (κ2) is 20.9. The van der Waals surface area contributed by atoms with E-state index >= 15 is 0 Å². The van der Waals surface area contributed by atoms with Gasteiger partial charge in [-0.3, -0.25) is 28.9 Å². The van der Waals surface area contributed by atoms with Crippen molar-refractivity contribution in [2.45, 2.75) is 83.1 Å². The fourth-order valence-corrected chi connectivity index (χ4v) is 7.12. The zero-order chi connectivity index (χ0) is 40.7. The van der Waals surface area contributed by atoms with Gasteiger partial charge in [0.25, 0.3) is 0 Å². The van der Waals surface area contributed by atoms with E-state index in [-0.39, 0.29) is 48.9 Å². The number of nitrogens with zero attached hydrogens (tertiary/aromatic N) is 1. The first-order valence-electron chi connectivity index (χ1n) is 19.8. The summed E-state index contributed by atoms with van der Waals surface area (Å²) in [6.45, 7) is 6.12. The molecule has 4 aromatic rings. The van der Waals surface area contributed by atoms with Gasteiger partial charge in [0, 0.05) is 18.4 Å². The number of nitrogens with one attached hydrogen (secondary N) is 4. The number of rotatable bonds is 18. The van der Waals surface area contributed by atoms with Crippen LogP contribution in [-0.2, 0) is 32.0 Å². The largest absolute Gasteiger partial charge is 0.497 e. The van der Waals surface area contributed by atoms with Crippen LogP contribution in [0, 0.1) is 5.92 Å². The second-order valence-corrected chi connectivity index (χ2v) is 15.0. The van der Waals surface area contributed by atoms with Gasteiger partial charge in [-0.1, -0.05) is 123 Å². The van der Waals surface area contributed by atoms with Crippen LogP contribution in [0.4, 0.5) is 0 Å². The molecule has 4 aromatic carbocycles. The number of amides is 4. The van der Waals surface area contributed by atoms with Crippen molar-refractivity contribution in [1.82, 2.24) is 26.2 Å². The minimum Gasteiger partial charge on any atom is -0.497 e. The van der Waals surface area contributed by atoms with Crippen molar-refractivity contribution in [3.8, 4) is 5.75 Å². The summed E-state index contributed by atoms with van der Waals surface area (Å²) in [4.78, 5) is 71.4. The van der Waals surface area contributed by atoms with E-state index in [2.05, 4.69) is 21.3 Å². The van der Waals surface area contributed by atoms with Crippen LogP contribution >= 0.6 is 0 Å². The Morgan fingerprint density at radius 1 is 0.667 bits per heavy atom. The molecule has 1 aliphatic rings. The third-order valence-corrected chi connectivity index (χ3v) is 10.4. The lowest BCUT2D eigenvalue weighted by molar-refractivity contribution is -0.135. The average molecular weight is 774 g/mol. The molecule has 0 saturated carbocycles. The molecule has 0 aliphatic carbocycles. The Hall–Kier alpha value is -5.81. The number of methoxy groups -OCH3 is 1. The number of benzene rings is 4. The van der Waals surface area contributed by atoms with Crippen molar-refractivity contribution in [3.05, 3.63) is 138 Å². The number of carbonyl (C=O) groups is 5. The smallest absolute Gasteiger partial charge is 0.243 e. The first-order chi connectivity index (χ1) is 27.5. The molecule has 0 aromatic heterocycles. The highest BCUT2D eigenvalue weighted by molar-refractivity contribution is 5.99. The van der Waals surface area contributed by atoms with E-state index in [4.69, 9.17) is 4.74 Å². The van der Waals surface area contributed by atoms with Crippen molar-refractivity contribution < 1.29 is 28.7 Å². The molecule has 0 radical (unpaired) electrons. The molecular formula is C46H55N5O6. The molecule has 0 bridgehead atoms. The summed E-state index contributed by atoms with van der Waals surface area (Å²) in [7, 11) is 1.54. The first-order valence-corrected chi connectivity index (χ1v) is 19.8. The van der Waals surface area contributed by atoms with Gasteiger partial charge in [0.05, 0.1) is 25.7 Å². The number of carbonyl (C=O) groups excluding carboxylic acids is 5. The maximum atomic E-state index is 14.2. The lowest BCUT2D eigenvalue weighted by Gasteiger charge is -2.35. The van der Waals surface area contributed by atoms with Crippen molar-refractivity contribution in [1.29, 1.82) is 0 Å². The Bertz CT molecular complexity index is 1940. The SMILES string of the molecule is COc1cccc(C(=O)CN2CCCC[C@H]2C(=O)N[C@@H](Cc2ccccc2)C(=O)N[C@H](C(=O)N[C@@H](Cc2ccccc2)C(=O)N[C@@H](C)c2ccccc2)C(C)C)c1. The third-order valence-electron chi connectivity index (χ3n) is 10.4. The van der Waals surface area contributed by atoms with E-state index in [0.29, 0.717) is 24.3 Å². The number of ketones is 1. The van der Waals surface area contributed by atoms with Crippen LogP contribution in [-0.4, -0.2) is 78.7 Å². The summed E-state index contributed by atoms with van der Waals surface area (Å²) in [5.74, 6) is -1.67. The Morgan fingerprint density at radius 2 is 1.25 bits per heavy atom. The summed E-state index contributed by atoms with van der Waals surface area (Å²) in [5.41, 5.74) is 3.11. The number of Topliss-reactive ketones (excluding diaryl/α,β-unsaturated/α-hetero) is 1. The Balaban J connectivity index is 1.32. The van der Waals surface area contributed by atoms with Gasteiger partial charge in [-0.05, 0) is 61.1 Å². The van der Waals surface area contributed by atoms with E-state index < -0.39 is 36.0 Å². The van der Waals surface area contributed by atoms with E-state index in [9.17, 15) is 24.0 Å². The Labute approximate surface area is 336 Å². The van der Waals surface area contributed by atoms with Gasteiger partial charge in [0.1, 0.15) is 23.9 Å². The number of ether oxygens (including phenoxy) is 1. The molecule has 11 nitrogen and oxygen atoms in total. The maximum absolute atomic E-state index is 14.2. The molecule has 1 fully saturated rings. The van der Waals surface area contributed by atoms with Gasteiger partial charge in [-0.2, -0.15) is 0 Å². The van der Waals surface area contributed by atoms with E-state index in [1.165, 1.54) is 0 Å². The highest BCUT2D eigenvalue weighted by Crippen LogP contribution is 2.20. The molecule has 11 heteroatoms. The standard InChI is InChI=1S/C46H55N5O6/c1-31(2)42(46(56)49-38(27-33-17-8-5-9-18-33)43(53)47-32(3)35-21-12-7-13-22-35)50-44(54)39(28-34-19-10-6-11-20-34)48-45(55)40-25-14-15-26-51(40)30-41(52)36-23-16-24-37(29-36)57-4/h5-13,16-24,29,31-32,38-40,42H,14-15,25-28,30H2,1-4H3,(H,47,53)(H,48,55)(H,49,56)(H,50,54)/t32-,38-,39-,40-,42-/m0/s1. The molecule has 1 aliphatic heterocycles. The Morgan fingerprint density at radius 3 is 1.84 bits per heavy atom. The topological polar surface area (TPSA) is 146 Å². The monoisotopic (exact) mass is 773 g/mol. The molecule has 4 N–H and O–H groups in total. The van der Waals surface area contributed by atoms with Crippen molar-refractivity contribution in [2.24, 2.45) is 5.92 Å². The van der Waals surface area contributed by atoms with Crippen LogP contribution in [0.15, 0.2) is 115 Å². The van der Waals surface area contributed by atoms with Crippen LogP contribution in [0.25, 0.3) is 0 Å². The van der Waals surface area contributed by atoms with Gasteiger partial charge in [-0.25, -0.2) is 0 Å². The highest BCUT2D eigenvalue weighted by atomic mass is 16.5. The molecule has 5 rings (SSSR count). The lowest BCUT2D eigenvalue weighted by atomic mass is 9.97. The molecule has 5 atom stereocenters. The number of piperidine rings is 1. The molecule has 57 heavy (non-hydrogen) atoms. The van der Waals surface area contributed by atoms with Crippen molar-refractivity contribution in [3.63, 3.8) is 0 Å². The van der Waals surface area contributed by atoms with Gasteiger partial charge >= 0.3 is 0 Å². The number of likely N-dealkylation sites (tertiary alicyclic amines) is 1. The van der Waals surface area contributed by atoms with E-state index in [1.807, 2.05) is 117 Å². The van der Waals surface area contributed by atoms with Crippen LogP contribution in [0.2, 0.25) is 0 Å². The molecule has 1 heterocycles. The minimum atomic E-state index is -1.03. The van der Waals surface area contributed by atoms with Crippen LogP contribution in [0.5, 0.6) is 5.75 Å². The van der Waals surface area contributed by atoms with Crippen LogP contribution in [0.3, 0.4) is 0 Å². The molecule has 300 valence electrons. The predicted molar refractivity (Wildman–Crippen MR) is 220 cm³/mol. The zero-order valence-corrected chi connectivity index (χ0v) is 33.3. The minimum absolute atomic E-state index is 0.0399. The highest BCUT2D eigenvalue weighted by Gasteiger charge is 2.35. The average Bonchev–Trinajstić information content (AvgIpc) is 3.23. The number of hydrogen-bond donors (Lipinski definition) is 4. The normalized spacial score (nSPS) is 16.3. The van der Waals surface area contributed by atoms with Crippen LogP contribution in [0.1, 0.15) is 73.1 Å². The molecule has 0 spiro atoms. The van der Waals surface area contributed by atoms with E-state index in [1.54, 1.807) is 31.4 Å². The molecule has 4 amide bonds. The van der Waals surface area contributed by atoms with Crippen LogP contribution < -0.4 is 26.0 Å². The molecule has 0 unspecified atom stereocenters. The fourth-order valence-electron chi connectivity index (χ4n) is 7.12. The Kier molecular flexibility index (Phi) is 15.5. The predicted octanol–water partition coefficient (Wildman–Crippen LogP) is 5.21. The molecule has 1 saturated heterocycles. The van der Waals surface area contributed by atoms with E-state index in [0.717, 1.165) is 29.5 Å². The first kappa shape index (κ1) is 42.3. The third kappa shape index (κ3) is 12.3. The summed E-state index contributed by atoms with van der Waals surface area (Å²) in [6.07, 6.45) is 2.58. The summed E-state index contributed by atoms with van der Waals surface area (Å²) in [6, 6.07) is 31.4. The summed E-state index contributed by atoms with van der Waals surface area (Å²) in [5, 5.41) is 11.9. The maximum Gasteiger partial charge on any atom is 0.243 e. The van der Waals surface area contributed by atoms with Gasteiger partial charge in [0.2, 0.25) is 23.6 Å². The zero-order valence-electron chi connectivity index (χ0n) is 33.3. The molecular weight excluding hydrogens is 719 g/mol. The lowest BCUT2D eigenvalue weighted by Crippen LogP contribution is -2.60. The van der Waals surface area contributed by atoms with Gasteiger partial charge in [0.15, 0.2) is 5.78 Å². The summed E-state index contributed by atoms with van der Waals surface area (Å²) < 4.78 is 5.30. The van der Waals surface area contributed by atoms with Crippen molar-refractivity contribution >= 4 is 29.4 Å². The quantitative estimate of drug-likeness (QED) is 0.102. The number of hydrogen-bond acceptors (Lipinski definition) is 7.